The minimum absolute atomic E-state index is 0.154. The van der Waals surface area contributed by atoms with Gasteiger partial charge in [-0.05, 0) is 47.9 Å². The van der Waals surface area contributed by atoms with Crippen LogP contribution in [-0.4, -0.2) is 18.5 Å². The Morgan fingerprint density at radius 1 is 1.33 bits per heavy atom. The maximum Gasteiger partial charge on any atom is 0.222 e. The van der Waals surface area contributed by atoms with Gasteiger partial charge in [-0.25, -0.2) is 0 Å². The van der Waals surface area contributed by atoms with Gasteiger partial charge in [-0.15, -0.1) is 11.3 Å². The Morgan fingerprint density at radius 2 is 2.28 bits per heavy atom. The number of amides is 1. The number of anilines is 1. The number of nitrogens with one attached hydrogen (secondary N) is 2. The van der Waals surface area contributed by atoms with E-state index in [1.54, 1.807) is 11.3 Å². The van der Waals surface area contributed by atoms with Gasteiger partial charge >= 0.3 is 0 Å². The molecule has 2 heterocycles. The summed E-state index contributed by atoms with van der Waals surface area (Å²) in [4.78, 5) is 11.5. The fourth-order valence-electron chi connectivity index (χ4n) is 2.39. The standard InChI is InChI=1S/C14H16N2OS/c17-14-9-11(2-1-6-15-14)16-12-3-4-13-10(8-12)5-7-18-13/h3-5,7-8,11,16H,1-2,6,9H2,(H,15,17). The van der Waals surface area contributed by atoms with Gasteiger partial charge in [0, 0.05) is 29.4 Å². The lowest BCUT2D eigenvalue weighted by Gasteiger charge is -2.16. The molecular formula is C14H16N2OS. The first-order chi connectivity index (χ1) is 8.81. The second kappa shape index (κ2) is 4.98. The predicted molar refractivity (Wildman–Crippen MR) is 76.1 cm³/mol. The largest absolute Gasteiger partial charge is 0.382 e. The molecule has 1 fully saturated rings. The van der Waals surface area contributed by atoms with E-state index in [1.807, 2.05) is 0 Å². The average molecular weight is 260 g/mol. The lowest BCUT2D eigenvalue weighted by Crippen LogP contribution is -2.26. The van der Waals surface area contributed by atoms with E-state index in [9.17, 15) is 4.79 Å². The van der Waals surface area contributed by atoms with Crippen molar-refractivity contribution in [2.24, 2.45) is 0 Å². The zero-order valence-corrected chi connectivity index (χ0v) is 10.9. The average Bonchev–Trinajstić information content (AvgIpc) is 2.72. The summed E-state index contributed by atoms with van der Waals surface area (Å²) in [7, 11) is 0. The van der Waals surface area contributed by atoms with Gasteiger partial charge in [-0.3, -0.25) is 4.79 Å². The number of benzene rings is 1. The van der Waals surface area contributed by atoms with Crippen molar-refractivity contribution >= 4 is 33.0 Å². The fourth-order valence-corrected chi connectivity index (χ4v) is 3.16. The molecule has 1 aromatic carbocycles. The van der Waals surface area contributed by atoms with Gasteiger partial charge in [0.1, 0.15) is 0 Å². The van der Waals surface area contributed by atoms with Crippen LogP contribution in [0.25, 0.3) is 10.1 Å². The normalized spacial score (nSPS) is 20.4. The van der Waals surface area contributed by atoms with Crippen LogP contribution in [0.4, 0.5) is 5.69 Å². The lowest BCUT2D eigenvalue weighted by atomic mass is 10.1. The molecule has 1 saturated heterocycles. The van der Waals surface area contributed by atoms with Crippen molar-refractivity contribution in [1.82, 2.24) is 5.32 Å². The van der Waals surface area contributed by atoms with Crippen LogP contribution in [0.15, 0.2) is 29.6 Å². The fraction of sp³-hybridized carbons (Fsp3) is 0.357. The molecule has 0 aliphatic carbocycles. The molecule has 0 saturated carbocycles. The zero-order valence-electron chi connectivity index (χ0n) is 10.1. The summed E-state index contributed by atoms with van der Waals surface area (Å²) in [6.07, 6.45) is 2.66. The SMILES string of the molecule is O=C1CC(Nc2ccc3sccc3c2)CCCN1. The Kier molecular flexibility index (Phi) is 3.19. The van der Waals surface area contributed by atoms with Gasteiger partial charge in [0.15, 0.2) is 0 Å². The van der Waals surface area contributed by atoms with E-state index in [1.165, 1.54) is 10.1 Å². The first kappa shape index (κ1) is 11.5. The lowest BCUT2D eigenvalue weighted by molar-refractivity contribution is -0.120. The third-order valence-corrected chi connectivity index (χ3v) is 4.20. The number of hydrogen-bond acceptors (Lipinski definition) is 3. The van der Waals surface area contributed by atoms with Gasteiger partial charge in [0.05, 0.1) is 0 Å². The van der Waals surface area contributed by atoms with Crippen LogP contribution in [0.5, 0.6) is 0 Å². The number of thiophene rings is 1. The number of carbonyl (C=O) groups excluding carboxylic acids is 1. The van der Waals surface area contributed by atoms with Gasteiger partial charge < -0.3 is 10.6 Å². The molecule has 3 rings (SSSR count). The predicted octanol–water partition coefficient (Wildman–Crippen LogP) is 2.98. The van der Waals surface area contributed by atoms with Gasteiger partial charge in [0.2, 0.25) is 5.91 Å². The molecule has 1 aromatic heterocycles. The summed E-state index contributed by atoms with van der Waals surface area (Å²) < 4.78 is 1.30. The summed E-state index contributed by atoms with van der Waals surface area (Å²) in [6, 6.07) is 8.78. The number of rotatable bonds is 2. The highest BCUT2D eigenvalue weighted by Crippen LogP contribution is 2.25. The summed E-state index contributed by atoms with van der Waals surface area (Å²) in [5.41, 5.74) is 1.11. The highest BCUT2D eigenvalue weighted by Gasteiger charge is 2.16. The van der Waals surface area contributed by atoms with Crippen LogP contribution in [0.2, 0.25) is 0 Å². The summed E-state index contributed by atoms with van der Waals surface area (Å²) in [5.74, 6) is 0.154. The van der Waals surface area contributed by atoms with Crippen molar-refractivity contribution in [3.8, 4) is 0 Å². The van der Waals surface area contributed by atoms with E-state index in [4.69, 9.17) is 0 Å². The van der Waals surface area contributed by atoms with Gasteiger partial charge in [-0.2, -0.15) is 0 Å². The minimum Gasteiger partial charge on any atom is -0.382 e. The molecule has 4 heteroatoms. The number of carbonyl (C=O) groups is 1. The molecule has 2 aromatic rings. The van der Waals surface area contributed by atoms with Crippen molar-refractivity contribution < 1.29 is 4.79 Å². The number of fused-ring (bicyclic) bond motifs is 1. The van der Waals surface area contributed by atoms with E-state index in [0.29, 0.717) is 6.42 Å². The van der Waals surface area contributed by atoms with Crippen LogP contribution < -0.4 is 10.6 Å². The third-order valence-electron chi connectivity index (χ3n) is 3.31. The quantitative estimate of drug-likeness (QED) is 0.871. The molecule has 1 atom stereocenters. The van der Waals surface area contributed by atoms with Gasteiger partial charge in [-0.1, -0.05) is 0 Å². The van der Waals surface area contributed by atoms with Crippen LogP contribution in [0.1, 0.15) is 19.3 Å². The van der Waals surface area contributed by atoms with Crippen LogP contribution in [0.3, 0.4) is 0 Å². The van der Waals surface area contributed by atoms with Crippen LogP contribution >= 0.6 is 11.3 Å². The first-order valence-electron chi connectivity index (χ1n) is 6.32. The van der Waals surface area contributed by atoms with E-state index in [-0.39, 0.29) is 11.9 Å². The Hall–Kier alpha value is -1.55. The molecule has 1 aliphatic rings. The van der Waals surface area contributed by atoms with E-state index in [2.05, 4.69) is 40.3 Å². The molecule has 1 amide bonds. The monoisotopic (exact) mass is 260 g/mol. The highest BCUT2D eigenvalue weighted by molar-refractivity contribution is 7.17. The Labute approximate surface area is 110 Å². The molecule has 0 radical (unpaired) electrons. The zero-order chi connectivity index (χ0) is 12.4. The van der Waals surface area contributed by atoms with Gasteiger partial charge in [0.25, 0.3) is 0 Å². The van der Waals surface area contributed by atoms with Crippen molar-refractivity contribution in [2.45, 2.75) is 25.3 Å². The van der Waals surface area contributed by atoms with E-state index >= 15 is 0 Å². The van der Waals surface area contributed by atoms with E-state index in [0.717, 1.165) is 25.1 Å². The van der Waals surface area contributed by atoms with Crippen molar-refractivity contribution in [2.75, 3.05) is 11.9 Å². The Bertz CT molecular complexity index is 564. The Balaban J connectivity index is 1.76. The first-order valence-corrected chi connectivity index (χ1v) is 7.20. The maximum atomic E-state index is 11.5. The molecule has 1 unspecified atom stereocenters. The maximum absolute atomic E-state index is 11.5. The van der Waals surface area contributed by atoms with Crippen molar-refractivity contribution in [1.29, 1.82) is 0 Å². The molecule has 94 valence electrons. The van der Waals surface area contributed by atoms with Crippen LogP contribution in [0, 0.1) is 0 Å². The molecule has 2 N–H and O–H groups in total. The van der Waals surface area contributed by atoms with Crippen molar-refractivity contribution in [3.05, 3.63) is 29.6 Å². The molecular weight excluding hydrogens is 244 g/mol. The summed E-state index contributed by atoms with van der Waals surface area (Å²) in [5, 5.41) is 9.76. The third kappa shape index (κ3) is 2.48. The topological polar surface area (TPSA) is 41.1 Å². The molecule has 0 spiro atoms. The molecule has 18 heavy (non-hydrogen) atoms. The van der Waals surface area contributed by atoms with E-state index < -0.39 is 0 Å². The molecule has 0 bridgehead atoms. The van der Waals surface area contributed by atoms with Crippen LogP contribution in [-0.2, 0) is 4.79 Å². The number of hydrogen-bond donors (Lipinski definition) is 2. The highest BCUT2D eigenvalue weighted by atomic mass is 32.1. The molecule has 3 nitrogen and oxygen atoms in total. The summed E-state index contributed by atoms with van der Waals surface area (Å²) >= 11 is 1.75. The molecule has 1 aliphatic heterocycles. The minimum atomic E-state index is 0.154. The smallest absolute Gasteiger partial charge is 0.222 e. The second-order valence-electron chi connectivity index (χ2n) is 4.71. The Morgan fingerprint density at radius 3 is 3.22 bits per heavy atom. The summed E-state index contributed by atoms with van der Waals surface area (Å²) in [6.45, 7) is 0.806. The van der Waals surface area contributed by atoms with Crippen molar-refractivity contribution in [3.63, 3.8) is 0 Å². The second-order valence-corrected chi connectivity index (χ2v) is 5.66.